The zero-order chi connectivity index (χ0) is 13.7. The highest BCUT2D eigenvalue weighted by Gasteiger charge is 2.17. The van der Waals surface area contributed by atoms with E-state index in [1.807, 2.05) is 13.0 Å². The van der Waals surface area contributed by atoms with Gasteiger partial charge in [-0.15, -0.1) is 0 Å². The summed E-state index contributed by atoms with van der Waals surface area (Å²) < 4.78 is 0. The van der Waals surface area contributed by atoms with Crippen LogP contribution in [0.4, 0.5) is 5.69 Å². The van der Waals surface area contributed by atoms with E-state index in [1.165, 1.54) is 12.4 Å². The van der Waals surface area contributed by atoms with Crippen LogP contribution in [-0.2, 0) is 11.2 Å². The minimum absolute atomic E-state index is 0.470. The van der Waals surface area contributed by atoms with Crippen LogP contribution in [0.25, 0.3) is 0 Å². The standard InChI is InChI=1S/C14H15N3O2/c1-2-12-15-8-11(9-16-12)17-14(19)13(18)10-6-4-3-5-7-10/h3-9,13,18H,2H2,1H3,(H,17,19). The highest BCUT2D eigenvalue weighted by Crippen LogP contribution is 2.14. The molecule has 0 fully saturated rings. The molecule has 0 aliphatic carbocycles. The molecule has 0 spiro atoms. The Labute approximate surface area is 111 Å². The fraction of sp³-hybridized carbons (Fsp3) is 0.214. The van der Waals surface area contributed by atoms with E-state index in [2.05, 4.69) is 15.3 Å². The molecule has 0 aliphatic heterocycles. The van der Waals surface area contributed by atoms with Crippen molar-refractivity contribution >= 4 is 11.6 Å². The number of benzene rings is 1. The van der Waals surface area contributed by atoms with Gasteiger partial charge >= 0.3 is 0 Å². The van der Waals surface area contributed by atoms with Gasteiger partial charge in [0, 0.05) is 6.42 Å². The first-order chi connectivity index (χ1) is 9.20. The fourth-order valence-electron chi connectivity index (χ4n) is 1.60. The number of hydrogen-bond acceptors (Lipinski definition) is 4. The Morgan fingerprint density at radius 2 is 1.89 bits per heavy atom. The summed E-state index contributed by atoms with van der Waals surface area (Å²) in [6.07, 6.45) is 2.59. The Bertz CT molecular complexity index is 540. The van der Waals surface area contributed by atoms with E-state index in [0.717, 1.165) is 6.42 Å². The molecule has 98 valence electrons. The molecule has 1 heterocycles. The Balaban J connectivity index is 2.04. The monoisotopic (exact) mass is 257 g/mol. The SMILES string of the molecule is CCc1ncc(NC(=O)C(O)c2ccccc2)cn1. The zero-order valence-corrected chi connectivity index (χ0v) is 10.6. The molecule has 1 amide bonds. The topological polar surface area (TPSA) is 75.1 Å². The van der Waals surface area contributed by atoms with Crippen LogP contribution in [0.1, 0.15) is 24.4 Å². The number of anilines is 1. The average molecular weight is 257 g/mol. The molecule has 2 N–H and O–H groups in total. The molecule has 19 heavy (non-hydrogen) atoms. The molecule has 0 radical (unpaired) electrons. The van der Waals surface area contributed by atoms with Crippen LogP contribution in [0.5, 0.6) is 0 Å². The quantitative estimate of drug-likeness (QED) is 0.874. The number of carbonyl (C=O) groups is 1. The van der Waals surface area contributed by atoms with Crippen LogP contribution in [0.3, 0.4) is 0 Å². The first-order valence-corrected chi connectivity index (χ1v) is 6.05. The second kappa shape index (κ2) is 6.06. The van der Waals surface area contributed by atoms with E-state index in [1.54, 1.807) is 24.3 Å². The molecule has 0 saturated carbocycles. The van der Waals surface area contributed by atoms with Crippen molar-refractivity contribution in [1.29, 1.82) is 0 Å². The summed E-state index contributed by atoms with van der Waals surface area (Å²) in [5, 5.41) is 12.5. The van der Waals surface area contributed by atoms with Crippen LogP contribution in [0.2, 0.25) is 0 Å². The molecule has 0 aliphatic rings. The lowest BCUT2D eigenvalue weighted by molar-refractivity contribution is -0.124. The van der Waals surface area contributed by atoms with Gasteiger partial charge in [0.15, 0.2) is 6.10 Å². The maximum absolute atomic E-state index is 11.9. The summed E-state index contributed by atoms with van der Waals surface area (Å²) in [6.45, 7) is 1.95. The Hall–Kier alpha value is -2.27. The normalized spacial score (nSPS) is 11.9. The Kier molecular flexibility index (Phi) is 4.20. The maximum atomic E-state index is 11.9. The molecule has 1 unspecified atom stereocenters. The van der Waals surface area contributed by atoms with Crippen molar-refractivity contribution in [2.45, 2.75) is 19.4 Å². The van der Waals surface area contributed by atoms with Crippen LogP contribution in [0, 0.1) is 0 Å². The lowest BCUT2D eigenvalue weighted by atomic mass is 10.1. The lowest BCUT2D eigenvalue weighted by Crippen LogP contribution is -2.21. The van der Waals surface area contributed by atoms with Gasteiger partial charge in [0.05, 0.1) is 18.1 Å². The summed E-state index contributed by atoms with van der Waals surface area (Å²) in [5.41, 5.74) is 1.02. The summed E-state index contributed by atoms with van der Waals surface area (Å²) >= 11 is 0. The molecule has 5 heteroatoms. The molecular formula is C14H15N3O2. The summed E-state index contributed by atoms with van der Waals surface area (Å²) in [5.74, 6) is 0.209. The number of aryl methyl sites for hydroxylation is 1. The van der Waals surface area contributed by atoms with Crippen molar-refractivity contribution in [3.8, 4) is 0 Å². The Morgan fingerprint density at radius 1 is 1.26 bits per heavy atom. The maximum Gasteiger partial charge on any atom is 0.257 e. The second-order valence-electron chi connectivity index (χ2n) is 4.04. The number of nitrogens with one attached hydrogen (secondary N) is 1. The van der Waals surface area contributed by atoms with Crippen molar-refractivity contribution in [3.63, 3.8) is 0 Å². The number of amides is 1. The smallest absolute Gasteiger partial charge is 0.257 e. The van der Waals surface area contributed by atoms with Crippen molar-refractivity contribution in [3.05, 3.63) is 54.1 Å². The number of carbonyl (C=O) groups excluding carboxylic acids is 1. The van der Waals surface area contributed by atoms with Crippen molar-refractivity contribution in [1.82, 2.24) is 9.97 Å². The minimum Gasteiger partial charge on any atom is -0.378 e. The third kappa shape index (κ3) is 3.35. The highest BCUT2D eigenvalue weighted by atomic mass is 16.3. The van der Waals surface area contributed by atoms with E-state index >= 15 is 0 Å². The predicted molar refractivity (Wildman–Crippen MR) is 71.4 cm³/mol. The summed E-state index contributed by atoms with van der Waals surface area (Å²) in [4.78, 5) is 20.0. The third-order valence-corrected chi connectivity index (χ3v) is 2.65. The molecule has 2 aromatic rings. The van der Waals surface area contributed by atoms with Crippen molar-refractivity contribution in [2.24, 2.45) is 0 Å². The van der Waals surface area contributed by atoms with Gasteiger partial charge in [-0.25, -0.2) is 9.97 Å². The fourth-order valence-corrected chi connectivity index (χ4v) is 1.60. The van der Waals surface area contributed by atoms with Crippen LogP contribution in [0.15, 0.2) is 42.7 Å². The van der Waals surface area contributed by atoms with Crippen LogP contribution >= 0.6 is 0 Å². The van der Waals surface area contributed by atoms with Crippen molar-refractivity contribution in [2.75, 3.05) is 5.32 Å². The number of aromatic nitrogens is 2. The van der Waals surface area contributed by atoms with Crippen molar-refractivity contribution < 1.29 is 9.90 Å². The molecule has 1 aromatic carbocycles. The largest absolute Gasteiger partial charge is 0.378 e. The molecule has 0 saturated heterocycles. The van der Waals surface area contributed by atoms with Crippen LogP contribution in [-0.4, -0.2) is 21.0 Å². The van der Waals surface area contributed by atoms with E-state index in [9.17, 15) is 9.90 Å². The second-order valence-corrected chi connectivity index (χ2v) is 4.04. The number of aliphatic hydroxyl groups is 1. The summed E-state index contributed by atoms with van der Waals surface area (Å²) in [7, 11) is 0. The van der Waals surface area contributed by atoms with Gasteiger partial charge in [-0.05, 0) is 5.56 Å². The number of aliphatic hydroxyl groups excluding tert-OH is 1. The highest BCUT2D eigenvalue weighted by molar-refractivity contribution is 5.94. The molecule has 2 rings (SSSR count). The predicted octanol–water partition coefficient (Wildman–Crippen LogP) is 1.71. The molecule has 1 atom stereocenters. The van der Waals surface area contributed by atoms with Gasteiger partial charge in [-0.1, -0.05) is 37.3 Å². The molecule has 5 nitrogen and oxygen atoms in total. The van der Waals surface area contributed by atoms with Gasteiger partial charge in [0.2, 0.25) is 0 Å². The zero-order valence-electron chi connectivity index (χ0n) is 10.6. The Morgan fingerprint density at radius 3 is 2.47 bits per heavy atom. The number of rotatable bonds is 4. The van der Waals surface area contributed by atoms with Crippen LogP contribution < -0.4 is 5.32 Å². The molecule has 1 aromatic heterocycles. The first kappa shape index (κ1) is 13.2. The van der Waals surface area contributed by atoms with E-state index < -0.39 is 12.0 Å². The van der Waals surface area contributed by atoms with Gasteiger partial charge in [0.1, 0.15) is 5.82 Å². The average Bonchev–Trinajstić information content (AvgIpc) is 2.48. The number of hydrogen-bond donors (Lipinski definition) is 2. The molecular weight excluding hydrogens is 242 g/mol. The van der Waals surface area contributed by atoms with Gasteiger partial charge in [0.25, 0.3) is 5.91 Å². The van der Waals surface area contributed by atoms with E-state index in [4.69, 9.17) is 0 Å². The van der Waals surface area contributed by atoms with Gasteiger partial charge < -0.3 is 10.4 Å². The summed E-state index contributed by atoms with van der Waals surface area (Å²) in [6, 6.07) is 8.75. The van der Waals surface area contributed by atoms with E-state index in [0.29, 0.717) is 17.1 Å². The van der Waals surface area contributed by atoms with Gasteiger partial charge in [-0.2, -0.15) is 0 Å². The van der Waals surface area contributed by atoms with E-state index in [-0.39, 0.29) is 0 Å². The molecule has 0 bridgehead atoms. The third-order valence-electron chi connectivity index (χ3n) is 2.65. The number of nitrogens with zero attached hydrogens (tertiary/aromatic N) is 2. The minimum atomic E-state index is -1.20. The van der Waals surface area contributed by atoms with Gasteiger partial charge in [-0.3, -0.25) is 4.79 Å². The first-order valence-electron chi connectivity index (χ1n) is 6.05. The lowest BCUT2D eigenvalue weighted by Gasteiger charge is -2.11.